The van der Waals surface area contributed by atoms with Crippen LogP contribution in [0, 0.1) is 0 Å². The van der Waals surface area contributed by atoms with Crippen LogP contribution in [0.3, 0.4) is 0 Å². The molecule has 0 fully saturated rings. The topological polar surface area (TPSA) is 75.7 Å². The average molecular weight is 376 g/mol. The lowest BCUT2D eigenvalue weighted by Gasteiger charge is -2.18. The van der Waals surface area contributed by atoms with Gasteiger partial charge in [-0.25, -0.2) is 8.42 Å². The number of rotatable bonds is 8. The molecule has 0 bridgehead atoms. The zero-order chi connectivity index (χ0) is 19.2. The van der Waals surface area contributed by atoms with Gasteiger partial charge in [0, 0.05) is 31.5 Å². The first-order chi connectivity index (χ1) is 12.4. The molecule has 0 saturated carbocycles. The van der Waals surface area contributed by atoms with Gasteiger partial charge < -0.3 is 10.1 Å². The Morgan fingerprint density at radius 2 is 1.73 bits per heavy atom. The van der Waals surface area contributed by atoms with Crippen LogP contribution in [0.5, 0.6) is 0 Å². The van der Waals surface area contributed by atoms with Gasteiger partial charge in [0.1, 0.15) is 0 Å². The molecule has 0 atom stereocenters. The van der Waals surface area contributed by atoms with Crippen molar-refractivity contribution in [2.45, 2.75) is 25.3 Å². The van der Waals surface area contributed by atoms with E-state index < -0.39 is 10.0 Å². The van der Waals surface area contributed by atoms with Gasteiger partial charge in [-0.1, -0.05) is 26.0 Å². The molecule has 6 nitrogen and oxygen atoms in total. The third kappa shape index (κ3) is 4.69. The highest BCUT2D eigenvalue weighted by Crippen LogP contribution is 2.19. The summed E-state index contributed by atoms with van der Waals surface area (Å²) in [6, 6.07) is 13.3. The lowest BCUT2D eigenvalue weighted by atomic mass is 10.1. The van der Waals surface area contributed by atoms with Gasteiger partial charge in [0.15, 0.2) is 0 Å². The summed E-state index contributed by atoms with van der Waals surface area (Å²) in [5, 5.41) is 2.78. The van der Waals surface area contributed by atoms with Gasteiger partial charge in [-0.3, -0.25) is 4.79 Å². The zero-order valence-corrected chi connectivity index (χ0v) is 16.0. The monoisotopic (exact) mass is 376 g/mol. The number of carbonyl (C=O) groups is 1. The molecule has 0 radical (unpaired) electrons. The second-order valence-corrected chi connectivity index (χ2v) is 7.64. The zero-order valence-electron chi connectivity index (χ0n) is 15.2. The van der Waals surface area contributed by atoms with Crippen molar-refractivity contribution in [2.75, 3.05) is 25.5 Å². The van der Waals surface area contributed by atoms with Gasteiger partial charge in [-0.05, 0) is 42.0 Å². The Bertz CT molecular complexity index is 844. The van der Waals surface area contributed by atoms with E-state index in [1.54, 1.807) is 51.3 Å². The number of ether oxygens (including phenoxy) is 1. The summed E-state index contributed by atoms with van der Waals surface area (Å²) in [5.74, 6) is -0.262. The van der Waals surface area contributed by atoms with E-state index in [0.717, 1.165) is 5.56 Å². The molecule has 1 N–H and O–H groups in total. The first kappa shape index (κ1) is 20.1. The fourth-order valence-corrected chi connectivity index (χ4v) is 4.05. The summed E-state index contributed by atoms with van der Waals surface area (Å²) >= 11 is 0. The van der Waals surface area contributed by atoms with Crippen molar-refractivity contribution >= 4 is 21.6 Å². The fraction of sp³-hybridized carbons (Fsp3) is 0.316. The van der Waals surface area contributed by atoms with E-state index in [2.05, 4.69) is 5.32 Å². The molecule has 0 spiro atoms. The van der Waals surface area contributed by atoms with E-state index in [1.807, 2.05) is 6.07 Å². The minimum Gasteiger partial charge on any atom is -0.380 e. The maximum Gasteiger partial charge on any atom is 0.255 e. The molecule has 7 heteroatoms. The van der Waals surface area contributed by atoms with E-state index >= 15 is 0 Å². The van der Waals surface area contributed by atoms with Crippen LogP contribution in [-0.2, 0) is 21.4 Å². The average Bonchev–Trinajstić information content (AvgIpc) is 2.63. The minimum atomic E-state index is -3.50. The highest BCUT2D eigenvalue weighted by atomic mass is 32.2. The Morgan fingerprint density at radius 3 is 2.31 bits per heavy atom. The third-order valence-electron chi connectivity index (χ3n) is 3.96. The van der Waals surface area contributed by atoms with Gasteiger partial charge >= 0.3 is 0 Å². The molecule has 26 heavy (non-hydrogen) atoms. The Balaban J connectivity index is 2.14. The molecule has 0 unspecified atom stereocenters. The van der Waals surface area contributed by atoms with Gasteiger partial charge in [-0.2, -0.15) is 4.31 Å². The quantitative estimate of drug-likeness (QED) is 0.768. The third-order valence-corrected chi connectivity index (χ3v) is 6.02. The maximum atomic E-state index is 12.5. The number of nitrogens with one attached hydrogen (secondary N) is 1. The van der Waals surface area contributed by atoms with Gasteiger partial charge in [0.25, 0.3) is 5.91 Å². The van der Waals surface area contributed by atoms with Crippen LogP contribution in [0.15, 0.2) is 53.4 Å². The second kappa shape index (κ2) is 8.93. The summed E-state index contributed by atoms with van der Waals surface area (Å²) in [6.07, 6.45) is 0. The van der Waals surface area contributed by atoms with Crippen LogP contribution in [-0.4, -0.2) is 38.8 Å². The lowest BCUT2D eigenvalue weighted by molar-refractivity contribution is 0.102. The van der Waals surface area contributed by atoms with Crippen LogP contribution in [0.1, 0.15) is 29.8 Å². The van der Waals surface area contributed by atoms with Crippen molar-refractivity contribution < 1.29 is 17.9 Å². The van der Waals surface area contributed by atoms with Crippen molar-refractivity contribution in [1.82, 2.24) is 4.31 Å². The van der Waals surface area contributed by atoms with Gasteiger partial charge in [0.2, 0.25) is 10.0 Å². The first-order valence-electron chi connectivity index (χ1n) is 8.41. The summed E-state index contributed by atoms with van der Waals surface area (Å²) in [6.45, 7) is 4.85. The van der Waals surface area contributed by atoms with Crippen molar-refractivity contribution in [2.24, 2.45) is 0 Å². The molecular weight excluding hydrogens is 352 g/mol. The Kier molecular flexibility index (Phi) is 6.90. The Morgan fingerprint density at radius 1 is 1.08 bits per heavy atom. The molecule has 0 heterocycles. The number of methoxy groups -OCH3 is 1. The smallest absolute Gasteiger partial charge is 0.255 e. The standard InChI is InChI=1S/C19H24N2O4S/c1-4-21(5-2)26(23,24)18-11-9-17(10-12-18)20-19(22)16-8-6-7-15(13-16)14-25-3/h6-13H,4-5,14H2,1-3H3,(H,20,22). The highest BCUT2D eigenvalue weighted by Gasteiger charge is 2.21. The Labute approximate surface area is 154 Å². The highest BCUT2D eigenvalue weighted by molar-refractivity contribution is 7.89. The summed E-state index contributed by atoms with van der Waals surface area (Å²) < 4.78 is 31.4. The van der Waals surface area contributed by atoms with Gasteiger partial charge in [-0.15, -0.1) is 0 Å². The molecule has 0 saturated heterocycles. The predicted molar refractivity (Wildman–Crippen MR) is 102 cm³/mol. The molecule has 2 aromatic carbocycles. The lowest BCUT2D eigenvalue weighted by Crippen LogP contribution is -2.30. The molecular formula is C19H24N2O4S. The van der Waals surface area contributed by atoms with Crippen LogP contribution in [0.25, 0.3) is 0 Å². The Hall–Kier alpha value is -2.22. The van der Waals surface area contributed by atoms with E-state index in [9.17, 15) is 13.2 Å². The number of nitrogens with zero attached hydrogens (tertiary/aromatic N) is 1. The summed E-state index contributed by atoms with van der Waals surface area (Å²) in [5.41, 5.74) is 1.95. The number of benzene rings is 2. The maximum absolute atomic E-state index is 12.5. The SMILES string of the molecule is CCN(CC)S(=O)(=O)c1ccc(NC(=O)c2cccc(COC)c2)cc1. The van der Waals surface area contributed by atoms with E-state index in [-0.39, 0.29) is 10.8 Å². The van der Waals surface area contributed by atoms with Crippen LogP contribution in [0.2, 0.25) is 0 Å². The van der Waals surface area contributed by atoms with E-state index in [1.165, 1.54) is 16.4 Å². The van der Waals surface area contributed by atoms with E-state index in [4.69, 9.17) is 4.74 Å². The summed E-state index contributed by atoms with van der Waals surface area (Å²) in [4.78, 5) is 12.6. The molecule has 0 aliphatic carbocycles. The molecule has 0 aromatic heterocycles. The number of carbonyl (C=O) groups excluding carboxylic acids is 1. The molecule has 1 amide bonds. The van der Waals surface area contributed by atoms with Crippen LogP contribution in [0.4, 0.5) is 5.69 Å². The van der Waals surface area contributed by atoms with Crippen molar-refractivity contribution in [3.63, 3.8) is 0 Å². The number of hydrogen-bond acceptors (Lipinski definition) is 4. The van der Waals surface area contributed by atoms with Crippen molar-refractivity contribution in [1.29, 1.82) is 0 Å². The molecule has 0 aliphatic rings. The fourth-order valence-electron chi connectivity index (χ4n) is 2.60. The number of anilines is 1. The molecule has 140 valence electrons. The normalized spacial score (nSPS) is 11.5. The second-order valence-electron chi connectivity index (χ2n) is 5.70. The molecule has 2 rings (SSSR count). The van der Waals surface area contributed by atoms with Crippen molar-refractivity contribution in [3.05, 3.63) is 59.7 Å². The van der Waals surface area contributed by atoms with Crippen molar-refractivity contribution in [3.8, 4) is 0 Å². The first-order valence-corrected chi connectivity index (χ1v) is 9.85. The summed E-state index contributed by atoms with van der Waals surface area (Å²) in [7, 11) is -1.91. The number of sulfonamides is 1. The van der Waals surface area contributed by atoms with Crippen LogP contribution < -0.4 is 5.32 Å². The molecule has 2 aromatic rings. The number of amides is 1. The number of hydrogen-bond donors (Lipinski definition) is 1. The largest absolute Gasteiger partial charge is 0.380 e. The van der Waals surface area contributed by atoms with Gasteiger partial charge in [0.05, 0.1) is 11.5 Å². The minimum absolute atomic E-state index is 0.210. The van der Waals surface area contributed by atoms with Crippen LogP contribution >= 0.6 is 0 Å². The predicted octanol–water partition coefficient (Wildman–Crippen LogP) is 3.12. The van der Waals surface area contributed by atoms with E-state index in [0.29, 0.717) is 30.9 Å². The molecule has 0 aliphatic heterocycles.